The highest BCUT2D eigenvalue weighted by atomic mass is 16.2. The predicted molar refractivity (Wildman–Crippen MR) is 103 cm³/mol. The molecule has 0 bridgehead atoms. The number of nitrogens with one attached hydrogen (secondary N) is 1. The number of hydrogen-bond donors (Lipinski definition) is 1. The van der Waals surface area contributed by atoms with Crippen molar-refractivity contribution < 1.29 is 9.59 Å². The van der Waals surface area contributed by atoms with Crippen LogP contribution in [-0.4, -0.2) is 59.3 Å². The fourth-order valence-electron chi connectivity index (χ4n) is 4.97. The van der Waals surface area contributed by atoms with Gasteiger partial charge in [0.1, 0.15) is 0 Å². The van der Waals surface area contributed by atoms with E-state index in [1.54, 1.807) is 17.3 Å². The van der Waals surface area contributed by atoms with Gasteiger partial charge in [-0.3, -0.25) is 14.6 Å². The first-order chi connectivity index (χ1) is 13.2. The zero-order valence-electron chi connectivity index (χ0n) is 16.0. The Morgan fingerprint density at radius 1 is 1.15 bits per heavy atom. The third kappa shape index (κ3) is 4.32. The molecule has 0 saturated carbocycles. The van der Waals surface area contributed by atoms with Crippen molar-refractivity contribution in [3.8, 4) is 0 Å². The second-order valence-electron chi connectivity index (χ2n) is 8.29. The third-order valence-electron chi connectivity index (χ3n) is 6.56. The molecule has 0 aromatic carbocycles. The van der Waals surface area contributed by atoms with Crippen molar-refractivity contribution in [3.05, 3.63) is 30.1 Å². The first-order valence-corrected chi connectivity index (χ1v) is 10.4. The van der Waals surface area contributed by atoms with E-state index in [1.165, 1.54) is 12.8 Å². The molecular weight excluding hydrogens is 340 g/mol. The van der Waals surface area contributed by atoms with E-state index in [0.29, 0.717) is 19.5 Å². The Balaban J connectivity index is 1.28. The summed E-state index contributed by atoms with van der Waals surface area (Å²) in [5, 5.41) is 3.44. The monoisotopic (exact) mass is 370 g/mol. The van der Waals surface area contributed by atoms with E-state index in [1.807, 2.05) is 17.0 Å². The SMILES string of the molecule is O=C1CC(C(=O)N2CCC(C3CCNCC3)CC2)CN1Cc1cccnc1. The van der Waals surface area contributed by atoms with Gasteiger partial charge in [0.25, 0.3) is 0 Å². The van der Waals surface area contributed by atoms with Gasteiger partial charge in [-0.1, -0.05) is 6.07 Å². The second-order valence-corrected chi connectivity index (χ2v) is 8.29. The minimum Gasteiger partial charge on any atom is -0.342 e. The molecule has 2 amide bonds. The summed E-state index contributed by atoms with van der Waals surface area (Å²) in [6, 6.07) is 3.85. The number of likely N-dealkylation sites (tertiary alicyclic amines) is 2. The number of nitrogens with zero attached hydrogens (tertiary/aromatic N) is 3. The van der Waals surface area contributed by atoms with Crippen LogP contribution in [0, 0.1) is 17.8 Å². The van der Waals surface area contributed by atoms with Crippen LogP contribution in [0.15, 0.2) is 24.5 Å². The maximum Gasteiger partial charge on any atom is 0.227 e. The Kier molecular flexibility index (Phi) is 5.72. The zero-order valence-corrected chi connectivity index (χ0v) is 16.0. The number of aromatic nitrogens is 1. The molecule has 27 heavy (non-hydrogen) atoms. The fourth-order valence-corrected chi connectivity index (χ4v) is 4.97. The molecule has 3 saturated heterocycles. The number of piperidine rings is 2. The molecule has 4 heterocycles. The molecule has 3 aliphatic heterocycles. The molecule has 1 N–H and O–H groups in total. The lowest BCUT2D eigenvalue weighted by Crippen LogP contribution is -2.44. The van der Waals surface area contributed by atoms with Gasteiger partial charge in [0.05, 0.1) is 5.92 Å². The Labute approximate surface area is 161 Å². The number of rotatable bonds is 4. The molecule has 1 atom stereocenters. The van der Waals surface area contributed by atoms with Crippen LogP contribution in [0.3, 0.4) is 0 Å². The molecule has 1 aromatic heterocycles. The molecule has 3 aliphatic rings. The van der Waals surface area contributed by atoms with E-state index in [4.69, 9.17) is 0 Å². The van der Waals surface area contributed by atoms with Crippen LogP contribution in [0.2, 0.25) is 0 Å². The van der Waals surface area contributed by atoms with Crippen molar-refractivity contribution in [2.75, 3.05) is 32.7 Å². The van der Waals surface area contributed by atoms with Crippen molar-refractivity contribution in [3.63, 3.8) is 0 Å². The first-order valence-electron chi connectivity index (χ1n) is 10.4. The molecule has 3 fully saturated rings. The normalized spacial score (nSPS) is 25.2. The third-order valence-corrected chi connectivity index (χ3v) is 6.56. The van der Waals surface area contributed by atoms with Gasteiger partial charge in [-0.25, -0.2) is 0 Å². The number of amides is 2. The Hall–Kier alpha value is -1.95. The Bertz CT molecular complexity index is 651. The van der Waals surface area contributed by atoms with Gasteiger partial charge in [0.15, 0.2) is 0 Å². The average Bonchev–Trinajstić information content (AvgIpc) is 3.09. The molecule has 0 aliphatic carbocycles. The highest BCUT2D eigenvalue weighted by molar-refractivity contribution is 5.89. The van der Waals surface area contributed by atoms with E-state index in [9.17, 15) is 9.59 Å². The van der Waals surface area contributed by atoms with Crippen LogP contribution in [0.4, 0.5) is 0 Å². The molecule has 1 unspecified atom stereocenters. The smallest absolute Gasteiger partial charge is 0.227 e. The minimum absolute atomic E-state index is 0.0850. The Morgan fingerprint density at radius 2 is 1.89 bits per heavy atom. The van der Waals surface area contributed by atoms with E-state index in [-0.39, 0.29) is 17.7 Å². The lowest BCUT2D eigenvalue weighted by molar-refractivity contribution is -0.137. The van der Waals surface area contributed by atoms with Gasteiger partial charge in [0, 0.05) is 45.0 Å². The summed E-state index contributed by atoms with van der Waals surface area (Å²) in [6.07, 6.45) is 8.67. The average molecular weight is 370 g/mol. The lowest BCUT2D eigenvalue weighted by Gasteiger charge is -2.38. The van der Waals surface area contributed by atoms with Gasteiger partial charge >= 0.3 is 0 Å². The summed E-state index contributed by atoms with van der Waals surface area (Å²) in [5.74, 6) is 1.68. The molecule has 6 heteroatoms. The number of hydrogen-bond acceptors (Lipinski definition) is 4. The van der Waals surface area contributed by atoms with Crippen LogP contribution in [0.25, 0.3) is 0 Å². The highest BCUT2D eigenvalue weighted by Gasteiger charge is 2.38. The highest BCUT2D eigenvalue weighted by Crippen LogP contribution is 2.32. The van der Waals surface area contributed by atoms with Crippen molar-refractivity contribution >= 4 is 11.8 Å². The summed E-state index contributed by atoms with van der Waals surface area (Å²) in [5.41, 5.74) is 1.02. The van der Waals surface area contributed by atoms with E-state index >= 15 is 0 Å². The summed E-state index contributed by atoms with van der Waals surface area (Å²) < 4.78 is 0. The van der Waals surface area contributed by atoms with Crippen LogP contribution in [-0.2, 0) is 16.1 Å². The quantitative estimate of drug-likeness (QED) is 0.876. The summed E-state index contributed by atoms with van der Waals surface area (Å²) in [7, 11) is 0. The maximum atomic E-state index is 13.0. The molecule has 4 rings (SSSR count). The predicted octanol–water partition coefficient (Wildman–Crippen LogP) is 1.67. The minimum atomic E-state index is -0.176. The van der Waals surface area contributed by atoms with Crippen LogP contribution >= 0.6 is 0 Å². The van der Waals surface area contributed by atoms with Gasteiger partial charge < -0.3 is 15.1 Å². The van der Waals surface area contributed by atoms with Crippen LogP contribution < -0.4 is 5.32 Å². The molecule has 146 valence electrons. The Morgan fingerprint density at radius 3 is 2.59 bits per heavy atom. The van der Waals surface area contributed by atoms with Gasteiger partial charge in [0.2, 0.25) is 11.8 Å². The number of carbonyl (C=O) groups excluding carboxylic acids is 2. The topological polar surface area (TPSA) is 65.5 Å². The molecular formula is C21H30N4O2. The second kappa shape index (κ2) is 8.38. The summed E-state index contributed by atoms with van der Waals surface area (Å²) in [4.78, 5) is 33.2. The molecule has 0 spiro atoms. The largest absolute Gasteiger partial charge is 0.342 e. The van der Waals surface area contributed by atoms with Crippen molar-refractivity contribution in [1.82, 2.24) is 20.1 Å². The van der Waals surface area contributed by atoms with E-state index in [2.05, 4.69) is 10.3 Å². The van der Waals surface area contributed by atoms with Crippen LogP contribution in [0.1, 0.15) is 37.7 Å². The van der Waals surface area contributed by atoms with Crippen molar-refractivity contribution in [1.29, 1.82) is 0 Å². The standard InChI is InChI=1S/C21H30N4O2/c26-20-12-19(15-25(20)14-16-2-1-7-23-13-16)21(27)24-10-5-18(6-11-24)17-3-8-22-9-4-17/h1-2,7,13,17-19,22H,3-6,8-12,14-15H2. The molecule has 1 aromatic rings. The van der Waals surface area contributed by atoms with Gasteiger partial charge in [-0.2, -0.15) is 0 Å². The fraction of sp³-hybridized carbons (Fsp3) is 0.667. The number of pyridine rings is 1. The summed E-state index contributed by atoms with van der Waals surface area (Å²) >= 11 is 0. The number of carbonyl (C=O) groups is 2. The van der Waals surface area contributed by atoms with Gasteiger partial charge in [-0.05, 0) is 62.2 Å². The van der Waals surface area contributed by atoms with Crippen molar-refractivity contribution in [2.45, 2.75) is 38.6 Å². The molecule has 6 nitrogen and oxygen atoms in total. The van der Waals surface area contributed by atoms with E-state index in [0.717, 1.165) is 56.4 Å². The maximum absolute atomic E-state index is 13.0. The first kappa shape index (κ1) is 18.4. The van der Waals surface area contributed by atoms with Gasteiger partial charge in [-0.15, -0.1) is 0 Å². The summed E-state index contributed by atoms with van der Waals surface area (Å²) in [6.45, 7) is 5.10. The zero-order chi connectivity index (χ0) is 18.6. The molecule has 0 radical (unpaired) electrons. The van der Waals surface area contributed by atoms with E-state index < -0.39 is 0 Å². The lowest BCUT2D eigenvalue weighted by atomic mass is 9.79. The van der Waals surface area contributed by atoms with Crippen molar-refractivity contribution in [2.24, 2.45) is 17.8 Å². The van der Waals surface area contributed by atoms with Crippen LogP contribution in [0.5, 0.6) is 0 Å².